The van der Waals surface area contributed by atoms with Crippen molar-refractivity contribution >= 4 is 31.7 Å². The standard InChI is InChI=1S/C23H30Si2/c1-15(2)19-14-17-10-13-20-21(22(17)23(19)25(20,6)7)16-8-11-18(12-9-16)24(3,4)5/h8-13,15H,14H2,1-7H3. The maximum absolute atomic E-state index is 2.56. The number of allylic oxidation sites excluding steroid dienone is 1. The maximum atomic E-state index is 2.56. The van der Waals surface area contributed by atoms with Gasteiger partial charge in [0, 0.05) is 0 Å². The molecule has 25 heavy (non-hydrogen) atoms. The van der Waals surface area contributed by atoms with Crippen LogP contribution in [0.15, 0.2) is 42.0 Å². The third-order valence-corrected chi connectivity index (χ3v) is 11.9. The van der Waals surface area contributed by atoms with Crippen molar-refractivity contribution in [2.24, 2.45) is 5.92 Å². The Bertz CT molecular complexity index is 891. The van der Waals surface area contributed by atoms with Crippen LogP contribution in [0.2, 0.25) is 32.7 Å². The summed E-state index contributed by atoms with van der Waals surface area (Å²) in [4.78, 5) is 0. The molecule has 0 aromatic heterocycles. The second-order valence-electron chi connectivity index (χ2n) is 9.71. The molecular formula is C23H30Si2. The van der Waals surface area contributed by atoms with E-state index in [4.69, 9.17) is 0 Å². The highest BCUT2D eigenvalue weighted by Crippen LogP contribution is 2.50. The van der Waals surface area contributed by atoms with E-state index in [-0.39, 0.29) is 0 Å². The molecule has 1 aliphatic heterocycles. The largest absolute Gasteiger partial charge is 0.113 e. The highest BCUT2D eigenvalue weighted by Gasteiger charge is 2.45. The first-order valence-electron chi connectivity index (χ1n) is 9.63. The molecule has 1 heterocycles. The molecule has 0 unspecified atom stereocenters. The van der Waals surface area contributed by atoms with E-state index in [0.29, 0.717) is 5.92 Å². The van der Waals surface area contributed by atoms with E-state index < -0.39 is 16.1 Å². The first kappa shape index (κ1) is 17.0. The molecule has 1 aliphatic carbocycles. The summed E-state index contributed by atoms with van der Waals surface area (Å²) in [5, 5.41) is 4.97. The summed E-state index contributed by atoms with van der Waals surface area (Å²) in [6.07, 6.45) is 1.18. The molecule has 0 spiro atoms. The summed E-state index contributed by atoms with van der Waals surface area (Å²) in [7, 11) is -2.79. The van der Waals surface area contributed by atoms with Crippen molar-refractivity contribution in [3.05, 3.63) is 53.1 Å². The van der Waals surface area contributed by atoms with Gasteiger partial charge in [0.1, 0.15) is 8.07 Å². The van der Waals surface area contributed by atoms with Crippen LogP contribution < -0.4 is 10.4 Å². The molecule has 0 amide bonds. The SMILES string of the molecule is CC(C)C1=C2c3c(ccc(c3-c3ccc([Si](C)(C)C)cc3)[Si]2(C)C)C1. The smallest absolute Gasteiger partial charge is 0.0656 e. The van der Waals surface area contributed by atoms with Gasteiger partial charge in [-0.2, -0.15) is 0 Å². The van der Waals surface area contributed by atoms with Gasteiger partial charge in [0.25, 0.3) is 0 Å². The van der Waals surface area contributed by atoms with Crippen molar-refractivity contribution in [1.82, 2.24) is 0 Å². The zero-order valence-electron chi connectivity index (χ0n) is 16.7. The predicted octanol–water partition coefficient (Wildman–Crippen LogP) is 5.33. The predicted molar refractivity (Wildman–Crippen MR) is 117 cm³/mol. The molecule has 2 aromatic rings. The number of benzene rings is 2. The van der Waals surface area contributed by atoms with E-state index in [1.807, 2.05) is 0 Å². The minimum absolute atomic E-state index is 0.663. The van der Waals surface area contributed by atoms with Crippen LogP contribution in [0, 0.1) is 5.92 Å². The van der Waals surface area contributed by atoms with Gasteiger partial charge in [-0.25, -0.2) is 0 Å². The minimum Gasteiger partial charge on any atom is -0.0656 e. The first-order valence-corrected chi connectivity index (χ1v) is 16.1. The van der Waals surface area contributed by atoms with E-state index in [9.17, 15) is 0 Å². The lowest BCUT2D eigenvalue weighted by molar-refractivity contribution is 0.753. The maximum Gasteiger partial charge on any atom is 0.113 e. The summed E-state index contributed by atoms with van der Waals surface area (Å²) in [5.74, 6) is 0.663. The van der Waals surface area contributed by atoms with Gasteiger partial charge in [0.2, 0.25) is 0 Å². The molecule has 0 nitrogen and oxygen atoms in total. The summed E-state index contributed by atoms with van der Waals surface area (Å²) < 4.78 is 0. The first-order chi connectivity index (χ1) is 11.6. The molecule has 130 valence electrons. The van der Waals surface area contributed by atoms with E-state index >= 15 is 0 Å². The Kier molecular flexibility index (Phi) is 3.62. The van der Waals surface area contributed by atoms with Crippen molar-refractivity contribution in [3.8, 4) is 11.1 Å². The molecule has 0 atom stereocenters. The normalized spacial score (nSPS) is 17.8. The Hall–Kier alpha value is -1.39. The lowest BCUT2D eigenvalue weighted by atomic mass is 9.97. The van der Waals surface area contributed by atoms with Crippen LogP contribution in [0.3, 0.4) is 0 Å². The molecule has 4 rings (SSSR count). The number of hydrogen-bond donors (Lipinski definition) is 0. The van der Waals surface area contributed by atoms with Crippen LogP contribution in [0.4, 0.5) is 0 Å². The third kappa shape index (κ3) is 2.37. The lowest BCUT2D eigenvalue weighted by Gasteiger charge is -2.23. The fourth-order valence-electron chi connectivity index (χ4n) is 4.83. The zero-order valence-corrected chi connectivity index (χ0v) is 18.7. The van der Waals surface area contributed by atoms with Gasteiger partial charge in [-0.1, -0.05) is 93.7 Å². The van der Waals surface area contributed by atoms with Crippen LogP contribution >= 0.6 is 0 Å². The topological polar surface area (TPSA) is 0 Å². The third-order valence-electron chi connectivity index (χ3n) is 6.28. The van der Waals surface area contributed by atoms with Gasteiger partial charge >= 0.3 is 0 Å². The summed E-state index contributed by atoms with van der Waals surface area (Å²) in [6, 6.07) is 14.5. The Morgan fingerprint density at radius 1 is 0.880 bits per heavy atom. The van der Waals surface area contributed by atoms with Gasteiger partial charge in [-0.15, -0.1) is 0 Å². The Morgan fingerprint density at radius 2 is 1.52 bits per heavy atom. The summed E-state index contributed by atoms with van der Waals surface area (Å²) in [6.45, 7) is 17.1. The summed E-state index contributed by atoms with van der Waals surface area (Å²) >= 11 is 0. The fourth-order valence-corrected chi connectivity index (χ4v) is 9.75. The molecule has 0 radical (unpaired) electrons. The molecule has 0 saturated heterocycles. The molecule has 0 fully saturated rings. The number of fused-ring (bicyclic) bond motifs is 1. The van der Waals surface area contributed by atoms with E-state index in [0.717, 1.165) is 0 Å². The van der Waals surface area contributed by atoms with Crippen molar-refractivity contribution in [1.29, 1.82) is 0 Å². The number of rotatable bonds is 3. The van der Waals surface area contributed by atoms with E-state index in [1.165, 1.54) is 12.0 Å². The molecule has 2 aliphatic rings. The van der Waals surface area contributed by atoms with Crippen molar-refractivity contribution in [2.75, 3.05) is 0 Å². The minimum atomic E-state index is -1.56. The van der Waals surface area contributed by atoms with Gasteiger partial charge in [-0.3, -0.25) is 0 Å². The number of hydrogen-bond acceptors (Lipinski definition) is 0. The monoisotopic (exact) mass is 362 g/mol. The van der Waals surface area contributed by atoms with Crippen LogP contribution in [0.25, 0.3) is 16.3 Å². The van der Waals surface area contributed by atoms with Crippen LogP contribution in [-0.4, -0.2) is 16.1 Å². The van der Waals surface area contributed by atoms with Crippen molar-refractivity contribution < 1.29 is 0 Å². The fraction of sp³-hybridized carbons (Fsp3) is 0.391. The van der Waals surface area contributed by atoms with Crippen molar-refractivity contribution in [3.63, 3.8) is 0 Å². The van der Waals surface area contributed by atoms with Gasteiger partial charge < -0.3 is 0 Å². The van der Waals surface area contributed by atoms with E-state index in [1.54, 1.807) is 37.8 Å². The van der Waals surface area contributed by atoms with E-state index in [2.05, 4.69) is 83.0 Å². The Balaban J connectivity index is 1.93. The average molecular weight is 363 g/mol. The molecule has 0 N–H and O–H groups in total. The Labute approximate surface area is 155 Å². The van der Waals surface area contributed by atoms with Crippen LogP contribution in [0.1, 0.15) is 25.0 Å². The average Bonchev–Trinajstić information content (AvgIpc) is 2.99. The van der Waals surface area contributed by atoms with Gasteiger partial charge in [-0.05, 0) is 45.0 Å². The quantitative estimate of drug-likeness (QED) is 0.647. The molecular weight excluding hydrogens is 332 g/mol. The molecule has 2 aromatic carbocycles. The summed E-state index contributed by atoms with van der Waals surface area (Å²) in [5.41, 5.74) is 7.93. The van der Waals surface area contributed by atoms with Crippen LogP contribution in [-0.2, 0) is 6.42 Å². The second-order valence-corrected chi connectivity index (χ2v) is 19.1. The van der Waals surface area contributed by atoms with Gasteiger partial charge in [0.15, 0.2) is 0 Å². The Morgan fingerprint density at radius 3 is 2.08 bits per heavy atom. The highest BCUT2D eigenvalue weighted by atomic mass is 28.3. The molecule has 0 saturated carbocycles. The second kappa shape index (κ2) is 5.31. The lowest BCUT2D eigenvalue weighted by Crippen LogP contribution is -2.40. The highest BCUT2D eigenvalue weighted by molar-refractivity contribution is 7.07. The molecule has 2 heteroatoms. The van der Waals surface area contributed by atoms with Gasteiger partial charge in [0.05, 0.1) is 8.07 Å². The van der Waals surface area contributed by atoms with Crippen LogP contribution in [0.5, 0.6) is 0 Å². The van der Waals surface area contributed by atoms with Crippen molar-refractivity contribution in [2.45, 2.75) is 53.0 Å². The zero-order chi connectivity index (χ0) is 18.1. The molecule has 2 bridgehead atoms.